The summed E-state index contributed by atoms with van der Waals surface area (Å²) < 4.78 is 5.42. The molecular weight excluding hydrogens is 190 g/mol. The van der Waals surface area contributed by atoms with Crippen molar-refractivity contribution in [2.45, 2.75) is 13.3 Å². The van der Waals surface area contributed by atoms with E-state index >= 15 is 0 Å². The second kappa shape index (κ2) is 5.86. The number of amides is 1. The highest BCUT2D eigenvalue weighted by Gasteiger charge is 1.92. The molecule has 15 heavy (non-hydrogen) atoms. The predicted molar refractivity (Wildman–Crippen MR) is 60.5 cm³/mol. The fourth-order valence-electron chi connectivity index (χ4n) is 1.07. The molecule has 0 saturated heterocycles. The Balaban J connectivity index is 2.60. The van der Waals surface area contributed by atoms with Crippen LogP contribution in [0.4, 0.5) is 0 Å². The van der Waals surface area contributed by atoms with E-state index in [4.69, 9.17) is 10.5 Å². The fourth-order valence-corrected chi connectivity index (χ4v) is 1.07. The Kier molecular flexibility index (Phi) is 4.41. The van der Waals surface area contributed by atoms with Crippen LogP contribution in [0.25, 0.3) is 6.08 Å². The van der Waals surface area contributed by atoms with Gasteiger partial charge in [-0.15, -0.1) is 0 Å². The summed E-state index contributed by atoms with van der Waals surface area (Å²) in [5.41, 5.74) is 5.91. The maximum absolute atomic E-state index is 10.5. The molecular formula is C12H15NO2. The van der Waals surface area contributed by atoms with Crippen LogP contribution >= 0.6 is 0 Å². The Morgan fingerprint density at radius 3 is 2.60 bits per heavy atom. The van der Waals surface area contributed by atoms with Gasteiger partial charge in [0.1, 0.15) is 5.75 Å². The van der Waals surface area contributed by atoms with E-state index < -0.39 is 5.91 Å². The first kappa shape index (κ1) is 11.3. The first-order valence-corrected chi connectivity index (χ1v) is 4.92. The molecule has 0 radical (unpaired) electrons. The molecule has 2 N–H and O–H groups in total. The van der Waals surface area contributed by atoms with Gasteiger partial charge in [0.2, 0.25) is 5.91 Å². The molecule has 1 rings (SSSR count). The van der Waals surface area contributed by atoms with Crippen LogP contribution in [0.15, 0.2) is 30.3 Å². The van der Waals surface area contributed by atoms with Crippen LogP contribution in [-0.4, -0.2) is 12.5 Å². The molecule has 3 nitrogen and oxygen atoms in total. The molecule has 0 spiro atoms. The van der Waals surface area contributed by atoms with E-state index in [1.54, 1.807) is 6.08 Å². The van der Waals surface area contributed by atoms with Gasteiger partial charge in [0.15, 0.2) is 0 Å². The maximum atomic E-state index is 10.5. The molecule has 1 aromatic carbocycles. The zero-order chi connectivity index (χ0) is 11.1. The molecule has 0 fully saturated rings. The van der Waals surface area contributed by atoms with Crippen molar-refractivity contribution in [3.8, 4) is 5.75 Å². The van der Waals surface area contributed by atoms with Gasteiger partial charge in [-0.3, -0.25) is 4.79 Å². The highest BCUT2D eigenvalue weighted by molar-refractivity contribution is 5.90. The van der Waals surface area contributed by atoms with Gasteiger partial charge < -0.3 is 10.5 Å². The molecule has 0 aliphatic carbocycles. The largest absolute Gasteiger partial charge is 0.494 e. The quantitative estimate of drug-likeness (QED) is 0.747. The molecule has 0 aliphatic heterocycles. The number of hydrogen-bond acceptors (Lipinski definition) is 2. The first-order chi connectivity index (χ1) is 7.22. The van der Waals surface area contributed by atoms with Gasteiger partial charge in [-0.25, -0.2) is 0 Å². The smallest absolute Gasteiger partial charge is 0.241 e. The van der Waals surface area contributed by atoms with Gasteiger partial charge in [0, 0.05) is 6.08 Å². The Hall–Kier alpha value is -1.77. The van der Waals surface area contributed by atoms with E-state index in [1.807, 2.05) is 24.3 Å². The van der Waals surface area contributed by atoms with Gasteiger partial charge in [0.25, 0.3) is 0 Å². The van der Waals surface area contributed by atoms with Crippen molar-refractivity contribution in [1.82, 2.24) is 0 Å². The summed E-state index contributed by atoms with van der Waals surface area (Å²) in [6, 6.07) is 7.50. The van der Waals surface area contributed by atoms with Crippen molar-refractivity contribution in [2.24, 2.45) is 5.73 Å². The van der Waals surface area contributed by atoms with Gasteiger partial charge in [0.05, 0.1) is 6.61 Å². The number of nitrogens with two attached hydrogens (primary N) is 1. The molecule has 0 aromatic heterocycles. The summed E-state index contributed by atoms with van der Waals surface area (Å²) in [4.78, 5) is 10.5. The number of carbonyl (C=O) groups is 1. The summed E-state index contributed by atoms with van der Waals surface area (Å²) in [5, 5.41) is 0. The zero-order valence-corrected chi connectivity index (χ0v) is 8.77. The predicted octanol–water partition coefficient (Wildman–Crippen LogP) is 1.97. The van der Waals surface area contributed by atoms with Gasteiger partial charge in [-0.05, 0) is 30.2 Å². The van der Waals surface area contributed by atoms with Crippen LogP contribution < -0.4 is 10.5 Å². The van der Waals surface area contributed by atoms with Crippen LogP contribution in [-0.2, 0) is 4.79 Å². The average Bonchev–Trinajstić information content (AvgIpc) is 2.25. The molecule has 1 aromatic rings. The maximum Gasteiger partial charge on any atom is 0.241 e. The van der Waals surface area contributed by atoms with Crippen molar-refractivity contribution in [2.75, 3.05) is 6.61 Å². The van der Waals surface area contributed by atoms with E-state index in [1.165, 1.54) is 6.08 Å². The number of primary amides is 1. The number of ether oxygens (including phenoxy) is 1. The van der Waals surface area contributed by atoms with Crippen LogP contribution in [0.3, 0.4) is 0 Å². The number of hydrogen-bond donors (Lipinski definition) is 1. The van der Waals surface area contributed by atoms with Crippen molar-refractivity contribution in [3.63, 3.8) is 0 Å². The second-order valence-electron chi connectivity index (χ2n) is 3.15. The third-order valence-electron chi connectivity index (χ3n) is 1.79. The highest BCUT2D eigenvalue weighted by Crippen LogP contribution is 2.13. The summed E-state index contributed by atoms with van der Waals surface area (Å²) in [7, 11) is 0. The normalized spacial score (nSPS) is 10.5. The Morgan fingerprint density at radius 2 is 2.07 bits per heavy atom. The van der Waals surface area contributed by atoms with Crippen LogP contribution in [0.1, 0.15) is 18.9 Å². The van der Waals surface area contributed by atoms with Crippen molar-refractivity contribution >= 4 is 12.0 Å². The number of benzene rings is 1. The third-order valence-corrected chi connectivity index (χ3v) is 1.79. The lowest BCUT2D eigenvalue weighted by Crippen LogP contribution is -2.05. The lowest BCUT2D eigenvalue weighted by Gasteiger charge is -2.03. The third kappa shape index (κ3) is 4.31. The van der Waals surface area contributed by atoms with E-state index in [0.717, 1.165) is 24.3 Å². The van der Waals surface area contributed by atoms with Gasteiger partial charge >= 0.3 is 0 Å². The molecule has 0 atom stereocenters. The minimum Gasteiger partial charge on any atom is -0.494 e. The molecule has 0 heterocycles. The first-order valence-electron chi connectivity index (χ1n) is 4.92. The lowest BCUT2D eigenvalue weighted by molar-refractivity contribution is -0.113. The summed E-state index contributed by atoms with van der Waals surface area (Å²) in [6.07, 6.45) is 4.00. The molecule has 0 bridgehead atoms. The number of carbonyl (C=O) groups excluding carboxylic acids is 1. The average molecular weight is 205 g/mol. The van der Waals surface area contributed by atoms with E-state index in [2.05, 4.69) is 6.92 Å². The summed E-state index contributed by atoms with van der Waals surface area (Å²) in [5.74, 6) is 0.398. The van der Waals surface area contributed by atoms with E-state index in [0.29, 0.717) is 0 Å². The molecule has 3 heteroatoms. The minimum absolute atomic E-state index is 0.443. The highest BCUT2D eigenvalue weighted by atomic mass is 16.5. The zero-order valence-electron chi connectivity index (χ0n) is 8.77. The van der Waals surface area contributed by atoms with Crippen molar-refractivity contribution in [1.29, 1.82) is 0 Å². The second-order valence-corrected chi connectivity index (χ2v) is 3.15. The van der Waals surface area contributed by atoms with E-state index in [-0.39, 0.29) is 0 Å². The monoisotopic (exact) mass is 205 g/mol. The van der Waals surface area contributed by atoms with Crippen LogP contribution in [0.2, 0.25) is 0 Å². The lowest BCUT2D eigenvalue weighted by atomic mass is 10.2. The standard InChI is InChI=1S/C12H15NO2/c1-2-9-15-11-6-3-10(4-7-11)5-8-12(13)14/h3-8H,2,9H2,1H3,(H2,13,14)/b8-5+. The minimum atomic E-state index is -0.443. The molecule has 1 amide bonds. The fraction of sp³-hybridized carbons (Fsp3) is 0.250. The van der Waals surface area contributed by atoms with Crippen LogP contribution in [0, 0.1) is 0 Å². The SMILES string of the molecule is CCCOc1ccc(/C=C/C(N)=O)cc1. The Bertz CT molecular complexity index is 341. The molecule has 0 saturated carbocycles. The summed E-state index contributed by atoms with van der Waals surface area (Å²) in [6.45, 7) is 2.78. The molecule has 0 unspecified atom stereocenters. The molecule has 0 aliphatic rings. The van der Waals surface area contributed by atoms with Gasteiger partial charge in [-0.2, -0.15) is 0 Å². The van der Waals surface area contributed by atoms with E-state index in [9.17, 15) is 4.79 Å². The van der Waals surface area contributed by atoms with Crippen molar-refractivity contribution in [3.05, 3.63) is 35.9 Å². The Labute approximate surface area is 89.5 Å². The number of rotatable bonds is 5. The topological polar surface area (TPSA) is 52.3 Å². The Morgan fingerprint density at radius 1 is 1.40 bits per heavy atom. The van der Waals surface area contributed by atoms with Crippen LogP contribution in [0.5, 0.6) is 5.75 Å². The van der Waals surface area contributed by atoms with Gasteiger partial charge in [-0.1, -0.05) is 19.1 Å². The van der Waals surface area contributed by atoms with Crippen molar-refractivity contribution < 1.29 is 9.53 Å². The summed E-state index contributed by atoms with van der Waals surface area (Å²) >= 11 is 0. The molecule has 80 valence electrons.